The molecular weight excluding hydrogens is 366 g/mol. The second-order valence-electron chi connectivity index (χ2n) is 6.83. The highest BCUT2D eigenvalue weighted by molar-refractivity contribution is 5.76. The molecule has 0 bridgehead atoms. The second-order valence-corrected chi connectivity index (χ2v) is 6.83. The third kappa shape index (κ3) is 5.50. The van der Waals surface area contributed by atoms with Gasteiger partial charge in [0.25, 0.3) is 0 Å². The van der Waals surface area contributed by atoms with Crippen molar-refractivity contribution in [2.75, 3.05) is 20.3 Å². The lowest BCUT2D eigenvalue weighted by atomic mass is 10.2. The summed E-state index contributed by atoms with van der Waals surface area (Å²) < 4.78 is 13.5. The van der Waals surface area contributed by atoms with Gasteiger partial charge in [-0.1, -0.05) is 31.2 Å². The van der Waals surface area contributed by atoms with E-state index in [1.54, 1.807) is 7.11 Å². The average molecular weight is 396 g/mol. The maximum atomic E-state index is 11.5. The van der Waals surface area contributed by atoms with Gasteiger partial charge in [0.2, 0.25) is 5.91 Å². The van der Waals surface area contributed by atoms with Crippen molar-refractivity contribution in [2.24, 2.45) is 0 Å². The number of nitrogens with zero attached hydrogens (tertiary/aromatic N) is 2. The van der Waals surface area contributed by atoms with Crippen molar-refractivity contribution in [1.29, 1.82) is 0 Å². The van der Waals surface area contributed by atoms with Crippen LogP contribution in [0.2, 0.25) is 0 Å². The Morgan fingerprint density at radius 3 is 2.62 bits per heavy atom. The Labute approximate surface area is 171 Å². The molecule has 1 amide bonds. The summed E-state index contributed by atoms with van der Waals surface area (Å²) in [5.74, 6) is 2.61. The highest BCUT2D eigenvalue weighted by atomic mass is 16.5. The predicted molar refractivity (Wildman–Crippen MR) is 114 cm³/mol. The van der Waals surface area contributed by atoms with E-state index in [1.165, 1.54) is 0 Å². The molecule has 1 N–H and O–H groups in total. The van der Waals surface area contributed by atoms with Crippen LogP contribution >= 0.6 is 0 Å². The number of para-hydroxylation sites is 4. The van der Waals surface area contributed by atoms with Crippen molar-refractivity contribution in [3.63, 3.8) is 0 Å². The van der Waals surface area contributed by atoms with Crippen LogP contribution < -0.4 is 14.8 Å². The van der Waals surface area contributed by atoms with Gasteiger partial charge in [-0.25, -0.2) is 4.98 Å². The van der Waals surface area contributed by atoms with Crippen LogP contribution in [0.5, 0.6) is 11.5 Å². The Hall–Kier alpha value is -3.02. The maximum absolute atomic E-state index is 11.5. The molecule has 3 aromatic rings. The molecule has 2 aromatic carbocycles. The molecule has 0 unspecified atom stereocenters. The molecule has 6 nitrogen and oxygen atoms in total. The Balaban J connectivity index is 1.57. The van der Waals surface area contributed by atoms with Gasteiger partial charge in [-0.05, 0) is 37.1 Å². The Kier molecular flexibility index (Phi) is 7.50. The highest BCUT2D eigenvalue weighted by Gasteiger charge is 2.10. The number of aryl methyl sites for hydroxylation is 1. The van der Waals surface area contributed by atoms with Crippen molar-refractivity contribution in [1.82, 2.24) is 14.9 Å². The van der Waals surface area contributed by atoms with Crippen LogP contribution in [-0.4, -0.2) is 35.7 Å². The molecule has 0 aliphatic carbocycles. The number of rotatable bonds is 11. The third-order valence-corrected chi connectivity index (χ3v) is 4.83. The fourth-order valence-electron chi connectivity index (χ4n) is 3.30. The predicted octanol–water partition coefficient (Wildman–Crippen LogP) is 3.97. The topological polar surface area (TPSA) is 65.4 Å². The Morgan fingerprint density at radius 2 is 1.83 bits per heavy atom. The van der Waals surface area contributed by atoms with Gasteiger partial charge in [0.1, 0.15) is 5.82 Å². The first-order chi connectivity index (χ1) is 14.2. The summed E-state index contributed by atoms with van der Waals surface area (Å²) in [5.41, 5.74) is 2.13. The number of unbranched alkanes of at least 4 members (excludes halogenated alkanes) is 1. The van der Waals surface area contributed by atoms with Crippen molar-refractivity contribution in [3.05, 3.63) is 54.4 Å². The molecule has 154 valence electrons. The van der Waals surface area contributed by atoms with Crippen LogP contribution in [0, 0.1) is 0 Å². The molecule has 1 aromatic heterocycles. The SMILES string of the molecule is CCC(=O)NCCc1nc2ccccc2n1CCCCOc1ccccc1OC. The van der Waals surface area contributed by atoms with Gasteiger partial charge in [-0.15, -0.1) is 0 Å². The van der Waals surface area contributed by atoms with Crippen LogP contribution in [-0.2, 0) is 17.8 Å². The van der Waals surface area contributed by atoms with E-state index in [0.717, 1.165) is 54.2 Å². The summed E-state index contributed by atoms with van der Waals surface area (Å²) in [6.45, 7) is 3.96. The highest BCUT2D eigenvalue weighted by Crippen LogP contribution is 2.26. The number of nitrogens with one attached hydrogen (secondary N) is 1. The van der Waals surface area contributed by atoms with Crippen molar-refractivity contribution in [2.45, 2.75) is 39.2 Å². The molecule has 1 heterocycles. The molecule has 29 heavy (non-hydrogen) atoms. The number of imidazole rings is 1. The minimum Gasteiger partial charge on any atom is -0.493 e. The number of hydrogen-bond acceptors (Lipinski definition) is 4. The van der Waals surface area contributed by atoms with Crippen molar-refractivity contribution < 1.29 is 14.3 Å². The van der Waals surface area contributed by atoms with Gasteiger partial charge in [-0.2, -0.15) is 0 Å². The lowest BCUT2D eigenvalue weighted by Gasteiger charge is -2.12. The van der Waals surface area contributed by atoms with Crippen molar-refractivity contribution >= 4 is 16.9 Å². The van der Waals surface area contributed by atoms with Crippen LogP contribution in [0.3, 0.4) is 0 Å². The standard InChI is InChI=1S/C23H29N3O3/c1-3-23(27)24-15-14-22-25-18-10-4-5-11-19(18)26(22)16-8-9-17-29-21-13-7-6-12-20(21)28-2/h4-7,10-13H,3,8-9,14-17H2,1-2H3,(H,24,27). The minimum atomic E-state index is 0.0705. The molecule has 0 aliphatic rings. The van der Waals surface area contributed by atoms with E-state index in [4.69, 9.17) is 14.5 Å². The summed E-state index contributed by atoms with van der Waals surface area (Å²) in [4.78, 5) is 16.3. The van der Waals surface area contributed by atoms with Crippen LogP contribution in [0.1, 0.15) is 32.0 Å². The molecule has 6 heteroatoms. The van der Waals surface area contributed by atoms with Gasteiger partial charge < -0.3 is 19.4 Å². The largest absolute Gasteiger partial charge is 0.493 e. The summed E-state index contributed by atoms with van der Waals surface area (Å²) >= 11 is 0. The molecular formula is C23H29N3O3. The van der Waals surface area contributed by atoms with Gasteiger partial charge in [0.15, 0.2) is 11.5 Å². The van der Waals surface area contributed by atoms with Gasteiger partial charge in [0, 0.05) is 25.9 Å². The minimum absolute atomic E-state index is 0.0705. The number of carbonyl (C=O) groups is 1. The number of aromatic nitrogens is 2. The first kappa shape index (κ1) is 20.7. The number of ether oxygens (including phenoxy) is 2. The number of fused-ring (bicyclic) bond motifs is 1. The van der Waals surface area contributed by atoms with Gasteiger partial charge in [-0.3, -0.25) is 4.79 Å². The molecule has 0 saturated heterocycles. The number of hydrogen-bond donors (Lipinski definition) is 1. The van der Waals surface area contributed by atoms with Crippen LogP contribution in [0.15, 0.2) is 48.5 Å². The van der Waals surface area contributed by atoms with E-state index >= 15 is 0 Å². The molecule has 3 rings (SSSR count). The van der Waals surface area contributed by atoms with E-state index in [-0.39, 0.29) is 5.91 Å². The number of methoxy groups -OCH3 is 1. The lowest BCUT2D eigenvalue weighted by Crippen LogP contribution is -2.25. The van der Waals surface area contributed by atoms with Gasteiger partial charge in [0.05, 0.1) is 24.8 Å². The zero-order valence-corrected chi connectivity index (χ0v) is 17.2. The smallest absolute Gasteiger partial charge is 0.219 e. The van der Waals surface area contributed by atoms with E-state index < -0.39 is 0 Å². The van der Waals surface area contributed by atoms with Crippen LogP contribution in [0.4, 0.5) is 0 Å². The first-order valence-corrected chi connectivity index (χ1v) is 10.2. The Morgan fingerprint density at radius 1 is 1.07 bits per heavy atom. The number of amides is 1. The summed E-state index contributed by atoms with van der Waals surface area (Å²) in [5, 5.41) is 2.93. The van der Waals surface area contributed by atoms with E-state index in [2.05, 4.69) is 16.0 Å². The van der Waals surface area contributed by atoms with Gasteiger partial charge >= 0.3 is 0 Å². The summed E-state index contributed by atoms with van der Waals surface area (Å²) in [6.07, 6.45) is 3.13. The zero-order valence-electron chi connectivity index (χ0n) is 17.2. The summed E-state index contributed by atoms with van der Waals surface area (Å²) in [7, 11) is 1.65. The fourth-order valence-corrected chi connectivity index (χ4v) is 3.30. The lowest BCUT2D eigenvalue weighted by molar-refractivity contribution is -0.120. The third-order valence-electron chi connectivity index (χ3n) is 4.83. The molecule has 0 aliphatic heterocycles. The monoisotopic (exact) mass is 395 g/mol. The molecule has 0 radical (unpaired) electrons. The summed E-state index contributed by atoms with van der Waals surface area (Å²) in [6, 6.07) is 15.9. The number of benzene rings is 2. The Bertz CT molecular complexity index is 936. The van der Waals surface area contributed by atoms with Crippen molar-refractivity contribution in [3.8, 4) is 11.5 Å². The molecule has 0 saturated carbocycles. The normalized spacial score (nSPS) is 10.8. The second kappa shape index (κ2) is 10.5. The quantitative estimate of drug-likeness (QED) is 0.499. The number of carbonyl (C=O) groups excluding carboxylic acids is 1. The molecule has 0 fully saturated rings. The average Bonchev–Trinajstić information content (AvgIpc) is 3.11. The van der Waals surface area contributed by atoms with E-state index in [9.17, 15) is 4.79 Å². The van der Waals surface area contributed by atoms with E-state index in [0.29, 0.717) is 19.6 Å². The van der Waals surface area contributed by atoms with Crippen LogP contribution in [0.25, 0.3) is 11.0 Å². The van der Waals surface area contributed by atoms with E-state index in [1.807, 2.05) is 49.4 Å². The zero-order chi connectivity index (χ0) is 20.5. The molecule has 0 atom stereocenters. The fraction of sp³-hybridized carbons (Fsp3) is 0.391. The maximum Gasteiger partial charge on any atom is 0.219 e. The first-order valence-electron chi connectivity index (χ1n) is 10.2. The molecule has 0 spiro atoms.